The van der Waals surface area contributed by atoms with Gasteiger partial charge in [0.1, 0.15) is 12.4 Å². The first kappa shape index (κ1) is 14.2. The number of ether oxygens (including phenoxy) is 1. The maximum atomic E-state index is 11.1. The molecule has 1 fully saturated rings. The topological polar surface area (TPSA) is 49.8 Å². The highest BCUT2D eigenvalue weighted by molar-refractivity contribution is 6.30. The lowest BCUT2D eigenvalue weighted by Gasteiger charge is -2.20. The van der Waals surface area contributed by atoms with Crippen molar-refractivity contribution in [3.05, 3.63) is 29.3 Å². The lowest BCUT2D eigenvalue weighted by Crippen LogP contribution is -2.33. The molecule has 1 heterocycles. The lowest BCUT2D eigenvalue weighted by molar-refractivity contribution is -0.147. The predicted molar refractivity (Wildman–Crippen MR) is 73.7 cm³/mol. The molecule has 2 rings (SSSR count). The number of likely N-dealkylation sites (tertiary alicyclic amines) is 1. The molecule has 5 heteroatoms. The quantitative estimate of drug-likeness (QED) is 0.902. The Bertz CT molecular complexity index is 466. The number of hydrogen-bond donors (Lipinski definition) is 1. The molecule has 0 radical (unpaired) electrons. The molecule has 0 spiro atoms. The molecule has 0 saturated carbocycles. The Morgan fingerprint density at radius 1 is 1.58 bits per heavy atom. The van der Waals surface area contributed by atoms with Crippen molar-refractivity contribution in [1.29, 1.82) is 0 Å². The van der Waals surface area contributed by atoms with Crippen molar-refractivity contribution in [1.82, 2.24) is 4.90 Å². The highest BCUT2D eigenvalue weighted by Gasteiger charge is 2.40. The van der Waals surface area contributed by atoms with Gasteiger partial charge in [-0.3, -0.25) is 9.69 Å². The van der Waals surface area contributed by atoms with Crippen molar-refractivity contribution in [2.24, 2.45) is 5.41 Å². The molecule has 1 aliphatic heterocycles. The molecule has 1 atom stereocenters. The van der Waals surface area contributed by atoms with Gasteiger partial charge in [0.05, 0.1) is 5.41 Å². The average molecular weight is 284 g/mol. The molecule has 1 unspecified atom stereocenters. The van der Waals surface area contributed by atoms with E-state index in [1.807, 2.05) is 12.1 Å². The van der Waals surface area contributed by atoms with Crippen LogP contribution in [-0.2, 0) is 4.79 Å². The minimum Gasteiger partial charge on any atom is -0.492 e. The summed E-state index contributed by atoms with van der Waals surface area (Å²) < 4.78 is 5.60. The summed E-state index contributed by atoms with van der Waals surface area (Å²) in [5.74, 6) is 0.0263. The van der Waals surface area contributed by atoms with Gasteiger partial charge in [0.15, 0.2) is 0 Å². The molecule has 0 aromatic heterocycles. The Morgan fingerprint density at radius 2 is 2.37 bits per heavy atom. The van der Waals surface area contributed by atoms with Gasteiger partial charge in [-0.1, -0.05) is 17.7 Å². The molecule has 0 bridgehead atoms. The second-order valence-corrected chi connectivity index (χ2v) is 5.63. The van der Waals surface area contributed by atoms with E-state index in [4.69, 9.17) is 21.4 Å². The van der Waals surface area contributed by atoms with Crippen molar-refractivity contribution < 1.29 is 14.6 Å². The van der Waals surface area contributed by atoms with Gasteiger partial charge in [0.2, 0.25) is 0 Å². The van der Waals surface area contributed by atoms with Gasteiger partial charge >= 0.3 is 5.97 Å². The molecule has 1 aromatic rings. The second kappa shape index (κ2) is 5.80. The number of halogens is 1. The normalized spacial score (nSPS) is 23.5. The summed E-state index contributed by atoms with van der Waals surface area (Å²) in [7, 11) is 0. The monoisotopic (exact) mass is 283 g/mol. The molecule has 1 aliphatic rings. The Morgan fingerprint density at radius 3 is 3.00 bits per heavy atom. The summed E-state index contributed by atoms with van der Waals surface area (Å²) >= 11 is 5.87. The van der Waals surface area contributed by atoms with Crippen molar-refractivity contribution in [2.75, 3.05) is 26.2 Å². The molecule has 1 aromatic carbocycles. The van der Waals surface area contributed by atoms with Crippen LogP contribution in [0.3, 0.4) is 0 Å². The van der Waals surface area contributed by atoms with E-state index in [0.29, 0.717) is 24.6 Å². The number of aliphatic carboxylic acids is 1. The van der Waals surface area contributed by atoms with E-state index >= 15 is 0 Å². The summed E-state index contributed by atoms with van der Waals surface area (Å²) in [5, 5.41) is 9.80. The Kier molecular flexibility index (Phi) is 4.32. The van der Waals surface area contributed by atoms with Crippen LogP contribution in [0.4, 0.5) is 0 Å². The number of hydrogen-bond acceptors (Lipinski definition) is 3. The number of carboxylic acids is 1. The fourth-order valence-electron chi connectivity index (χ4n) is 2.27. The molecule has 0 aliphatic carbocycles. The highest BCUT2D eigenvalue weighted by atomic mass is 35.5. The maximum absolute atomic E-state index is 11.1. The van der Waals surface area contributed by atoms with Crippen molar-refractivity contribution in [3.63, 3.8) is 0 Å². The standard InChI is InChI=1S/C14H18ClNO3/c1-14(13(17)18)5-6-16(10-14)7-8-19-12-4-2-3-11(15)9-12/h2-4,9H,5-8,10H2,1H3,(H,17,18). The summed E-state index contributed by atoms with van der Waals surface area (Å²) in [6.07, 6.45) is 0.694. The second-order valence-electron chi connectivity index (χ2n) is 5.20. The smallest absolute Gasteiger partial charge is 0.310 e. The molecule has 1 saturated heterocycles. The number of nitrogens with zero attached hydrogens (tertiary/aromatic N) is 1. The zero-order valence-electron chi connectivity index (χ0n) is 10.9. The van der Waals surface area contributed by atoms with Crippen molar-refractivity contribution in [2.45, 2.75) is 13.3 Å². The first-order chi connectivity index (χ1) is 8.99. The molecule has 104 valence electrons. The van der Waals surface area contributed by atoms with Gasteiger partial charge in [0.25, 0.3) is 0 Å². The molecule has 4 nitrogen and oxygen atoms in total. The minimum atomic E-state index is -0.717. The molecule has 19 heavy (non-hydrogen) atoms. The molecular weight excluding hydrogens is 266 g/mol. The van der Waals surface area contributed by atoms with E-state index in [2.05, 4.69) is 4.90 Å². The number of benzene rings is 1. The first-order valence-electron chi connectivity index (χ1n) is 6.34. The van der Waals surface area contributed by atoms with Gasteiger partial charge in [-0.05, 0) is 38.1 Å². The summed E-state index contributed by atoms with van der Waals surface area (Å²) in [6, 6.07) is 7.27. The molecule has 0 amide bonds. The van der Waals surface area contributed by atoms with Crippen LogP contribution in [0.5, 0.6) is 5.75 Å². The third kappa shape index (κ3) is 3.61. The van der Waals surface area contributed by atoms with Crippen molar-refractivity contribution >= 4 is 17.6 Å². The Labute approximate surface area is 117 Å². The van der Waals surface area contributed by atoms with Gasteiger partial charge < -0.3 is 9.84 Å². The number of carbonyl (C=O) groups is 1. The SMILES string of the molecule is CC1(C(=O)O)CCN(CCOc2cccc(Cl)c2)C1. The van der Waals surface area contributed by atoms with E-state index in [1.165, 1.54) is 0 Å². The van der Waals surface area contributed by atoms with Crippen LogP contribution in [-0.4, -0.2) is 42.2 Å². The van der Waals surface area contributed by atoms with Crippen LogP contribution in [0.15, 0.2) is 24.3 Å². The lowest BCUT2D eigenvalue weighted by atomic mass is 9.90. The van der Waals surface area contributed by atoms with Gasteiger partial charge in [-0.15, -0.1) is 0 Å². The average Bonchev–Trinajstić information content (AvgIpc) is 2.73. The minimum absolute atomic E-state index is 0.538. The van der Waals surface area contributed by atoms with Crippen LogP contribution >= 0.6 is 11.6 Å². The fourth-order valence-corrected chi connectivity index (χ4v) is 2.45. The Hall–Kier alpha value is -1.26. The van der Waals surface area contributed by atoms with Gasteiger partial charge in [-0.2, -0.15) is 0 Å². The van der Waals surface area contributed by atoms with E-state index in [9.17, 15) is 4.79 Å². The maximum Gasteiger partial charge on any atom is 0.310 e. The van der Waals surface area contributed by atoms with Crippen LogP contribution in [0.1, 0.15) is 13.3 Å². The summed E-state index contributed by atoms with van der Waals surface area (Å²) in [6.45, 7) is 4.46. The third-order valence-corrected chi connectivity index (χ3v) is 3.78. The van der Waals surface area contributed by atoms with Crippen molar-refractivity contribution in [3.8, 4) is 5.75 Å². The van der Waals surface area contributed by atoms with Crippen LogP contribution < -0.4 is 4.74 Å². The number of carboxylic acid groups (broad SMARTS) is 1. The highest BCUT2D eigenvalue weighted by Crippen LogP contribution is 2.29. The largest absolute Gasteiger partial charge is 0.492 e. The zero-order valence-corrected chi connectivity index (χ0v) is 11.7. The summed E-state index contributed by atoms with van der Waals surface area (Å²) in [4.78, 5) is 13.3. The van der Waals surface area contributed by atoms with Crippen LogP contribution in [0.2, 0.25) is 5.02 Å². The third-order valence-electron chi connectivity index (χ3n) is 3.54. The van der Waals surface area contributed by atoms with Crippen LogP contribution in [0, 0.1) is 5.41 Å². The van der Waals surface area contributed by atoms with E-state index in [-0.39, 0.29) is 0 Å². The first-order valence-corrected chi connectivity index (χ1v) is 6.71. The fraction of sp³-hybridized carbons (Fsp3) is 0.500. The van der Waals surface area contributed by atoms with E-state index < -0.39 is 11.4 Å². The van der Waals surface area contributed by atoms with Crippen LogP contribution in [0.25, 0.3) is 0 Å². The summed E-state index contributed by atoms with van der Waals surface area (Å²) in [5.41, 5.74) is -0.615. The number of rotatable bonds is 5. The van der Waals surface area contributed by atoms with Gasteiger partial charge in [0, 0.05) is 18.1 Å². The zero-order chi connectivity index (χ0) is 13.9. The van der Waals surface area contributed by atoms with E-state index in [0.717, 1.165) is 18.8 Å². The molecule has 1 N–H and O–H groups in total. The Balaban J connectivity index is 1.77. The van der Waals surface area contributed by atoms with E-state index in [1.54, 1.807) is 19.1 Å². The predicted octanol–water partition coefficient (Wildman–Crippen LogP) is 2.52. The van der Waals surface area contributed by atoms with Gasteiger partial charge in [-0.25, -0.2) is 0 Å². The molecular formula is C14H18ClNO3.